The fourth-order valence-electron chi connectivity index (χ4n) is 3.69. The van der Waals surface area contributed by atoms with Gasteiger partial charge in [0.1, 0.15) is 18.0 Å². The van der Waals surface area contributed by atoms with Crippen molar-refractivity contribution in [2.45, 2.75) is 18.8 Å². The Morgan fingerprint density at radius 1 is 0.962 bits per heavy atom. The van der Waals surface area contributed by atoms with Gasteiger partial charge in [-0.1, -0.05) is 18.2 Å². The number of aromatic nitrogens is 3. The number of hydrogen-bond acceptors (Lipinski definition) is 5. The van der Waals surface area contributed by atoms with Gasteiger partial charge in [-0.15, -0.1) is 11.3 Å². The van der Waals surface area contributed by atoms with Gasteiger partial charge in [0.25, 0.3) is 0 Å². The van der Waals surface area contributed by atoms with Crippen molar-refractivity contribution < 1.29 is 4.39 Å². The molecule has 3 heterocycles. The molecule has 1 saturated heterocycles. The van der Waals surface area contributed by atoms with Crippen LogP contribution >= 0.6 is 11.3 Å². The first-order chi connectivity index (χ1) is 12.8. The van der Waals surface area contributed by atoms with Crippen molar-refractivity contribution in [3.63, 3.8) is 0 Å². The fourth-order valence-corrected chi connectivity index (χ4v) is 4.83. The molecule has 0 saturated carbocycles. The van der Waals surface area contributed by atoms with E-state index in [9.17, 15) is 4.39 Å². The molecule has 2 aromatic heterocycles. The molecule has 1 aliphatic rings. The molecule has 1 fully saturated rings. The standard InChI is InChI=1S/C20H17FN4S/c21-14-4-3-6-16-18(14)19(23-12-22-16)25-10-8-13(9-11-25)20-24-15-5-1-2-7-17(15)26-20/h1-7,12-13H,8-11H2. The van der Waals surface area contributed by atoms with Crippen LogP contribution in [-0.4, -0.2) is 28.0 Å². The number of nitrogens with zero attached hydrogens (tertiary/aromatic N) is 4. The highest BCUT2D eigenvalue weighted by Crippen LogP contribution is 2.36. The lowest BCUT2D eigenvalue weighted by Gasteiger charge is -2.32. The summed E-state index contributed by atoms with van der Waals surface area (Å²) >= 11 is 1.79. The van der Waals surface area contributed by atoms with Crippen LogP contribution in [0.3, 0.4) is 0 Å². The normalized spacial score (nSPS) is 15.8. The van der Waals surface area contributed by atoms with Crippen molar-refractivity contribution >= 4 is 38.3 Å². The van der Waals surface area contributed by atoms with Crippen molar-refractivity contribution in [2.75, 3.05) is 18.0 Å². The Morgan fingerprint density at radius 3 is 2.62 bits per heavy atom. The molecule has 1 aliphatic heterocycles. The predicted octanol–water partition coefficient (Wildman–Crippen LogP) is 4.76. The van der Waals surface area contributed by atoms with E-state index in [1.165, 1.54) is 22.1 Å². The molecule has 130 valence electrons. The number of halogens is 1. The lowest BCUT2D eigenvalue weighted by atomic mass is 9.97. The van der Waals surface area contributed by atoms with E-state index in [0.717, 1.165) is 31.4 Å². The van der Waals surface area contributed by atoms with Crippen molar-refractivity contribution in [3.05, 3.63) is 59.6 Å². The van der Waals surface area contributed by atoms with Crippen LogP contribution in [0.4, 0.5) is 10.2 Å². The van der Waals surface area contributed by atoms with Gasteiger partial charge in [-0.2, -0.15) is 0 Å². The third-order valence-electron chi connectivity index (χ3n) is 5.05. The predicted molar refractivity (Wildman–Crippen MR) is 103 cm³/mol. The molecule has 0 amide bonds. The van der Waals surface area contributed by atoms with Crippen molar-refractivity contribution in [1.29, 1.82) is 0 Å². The van der Waals surface area contributed by atoms with E-state index >= 15 is 0 Å². The highest BCUT2D eigenvalue weighted by atomic mass is 32.1. The van der Waals surface area contributed by atoms with Crippen LogP contribution in [-0.2, 0) is 0 Å². The van der Waals surface area contributed by atoms with Crippen LogP contribution < -0.4 is 4.90 Å². The van der Waals surface area contributed by atoms with Gasteiger partial charge in [0, 0.05) is 19.0 Å². The first-order valence-corrected chi connectivity index (χ1v) is 9.61. The molecule has 0 atom stereocenters. The molecule has 4 nitrogen and oxygen atoms in total. The maximum absolute atomic E-state index is 14.3. The minimum atomic E-state index is -0.258. The second-order valence-electron chi connectivity index (χ2n) is 6.61. The second-order valence-corrected chi connectivity index (χ2v) is 7.67. The molecule has 0 spiro atoms. The summed E-state index contributed by atoms with van der Waals surface area (Å²) in [6.45, 7) is 1.70. The van der Waals surface area contributed by atoms with Crippen LogP contribution in [0, 0.1) is 5.82 Å². The maximum atomic E-state index is 14.3. The molecule has 0 N–H and O–H groups in total. The van der Waals surface area contributed by atoms with E-state index in [0.29, 0.717) is 22.6 Å². The molecule has 0 aliphatic carbocycles. The fraction of sp³-hybridized carbons (Fsp3) is 0.250. The minimum Gasteiger partial charge on any atom is -0.356 e. The zero-order valence-electron chi connectivity index (χ0n) is 14.1. The lowest BCUT2D eigenvalue weighted by Crippen LogP contribution is -2.33. The molecular formula is C20H17FN4S. The maximum Gasteiger partial charge on any atom is 0.142 e. The molecule has 26 heavy (non-hydrogen) atoms. The van der Waals surface area contributed by atoms with E-state index in [-0.39, 0.29) is 5.82 Å². The van der Waals surface area contributed by atoms with Crippen molar-refractivity contribution in [2.24, 2.45) is 0 Å². The number of benzene rings is 2. The Balaban J connectivity index is 1.41. The number of para-hydroxylation sites is 1. The summed E-state index contributed by atoms with van der Waals surface area (Å²) in [6.07, 6.45) is 3.52. The van der Waals surface area contributed by atoms with E-state index in [1.54, 1.807) is 17.4 Å². The van der Waals surface area contributed by atoms with Crippen LogP contribution in [0.25, 0.3) is 21.1 Å². The van der Waals surface area contributed by atoms with Crippen LogP contribution in [0.2, 0.25) is 0 Å². The van der Waals surface area contributed by atoms with Crippen molar-refractivity contribution in [3.8, 4) is 0 Å². The molecule has 6 heteroatoms. The number of rotatable bonds is 2. The summed E-state index contributed by atoms with van der Waals surface area (Å²) in [5.41, 5.74) is 1.74. The first kappa shape index (κ1) is 15.6. The molecule has 4 aromatic rings. The summed E-state index contributed by atoms with van der Waals surface area (Å²) in [5, 5.41) is 1.73. The quantitative estimate of drug-likeness (QED) is 0.514. The van der Waals surface area contributed by atoms with Gasteiger partial charge in [-0.05, 0) is 37.1 Å². The van der Waals surface area contributed by atoms with Crippen molar-refractivity contribution in [1.82, 2.24) is 15.0 Å². The molecular weight excluding hydrogens is 347 g/mol. The highest BCUT2D eigenvalue weighted by Gasteiger charge is 2.25. The minimum absolute atomic E-state index is 0.258. The van der Waals surface area contributed by atoms with Gasteiger partial charge in [0.2, 0.25) is 0 Å². The zero-order chi connectivity index (χ0) is 17.5. The van der Waals surface area contributed by atoms with E-state index in [2.05, 4.69) is 33.1 Å². The summed E-state index contributed by atoms with van der Waals surface area (Å²) in [7, 11) is 0. The summed E-state index contributed by atoms with van der Waals surface area (Å²) in [6, 6.07) is 13.3. The Morgan fingerprint density at radius 2 is 1.77 bits per heavy atom. The van der Waals surface area contributed by atoms with Gasteiger partial charge < -0.3 is 4.90 Å². The number of fused-ring (bicyclic) bond motifs is 2. The number of piperidine rings is 1. The Hall–Kier alpha value is -2.60. The number of anilines is 1. The topological polar surface area (TPSA) is 41.9 Å². The SMILES string of the molecule is Fc1cccc2ncnc(N3CCC(c4nc5ccccc5s4)CC3)c12. The van der Waals surface area contributed by atoms with E-state index in [1.807, 2.05) is 12.1 Å². The average Bonchev–Trinajstić information content (AvgIpc) is 3.12. The Labute approximate surface area is 154 Å². The Kier molecular flexibility index (Phi) is 3.78. The van der Waals surface area contributed by atoms with Gasteiger partial charge in [0.05, 0.1) is 26.1 Å². The van der Waals surface area contributed by atoms with E-state index < -0.39 is 0 Å². The van der Waals surface area contributed by atoms with Crippen LogP contribution in [0.1, 0.15) is 23.8 Å². The molecule has 0 radical (unpaired) electrons. The van der Waals surface area contributed by atoms with Gasteiger partial charge >= 0.3 is 0 Å². The molecule has 5 rings (SSSR count). The zero-order valence-corrected chi connectivity index (χ0v) is 14.9. The highest BCUT2D eigenvalue weighted by molar-refractivity contribution is 7.18. The first-order valence-electron chi connectivity index (χ1n) is 8.79. The van der Waals surface area contributed by atoms with Crippen LogP contribution in [0.15, 0.2) is 48.8 Å². The second kappa shape index (κ2) is 6.29. The van der Waals surface area contributed by atoms with Gasteiger partial charge in [-0.25, -0.2) is 19.3 Å². The van der Waals surface area contributed by atoms with E-state index in [4.69, 9.17) is 4.98 Å². The Bertz CT molecular complexity index is 1050. The molecule has 2 aromatic carbocycles. The van der Waals surface area contributed by atoms with Crippen LogP contribution in [0.5, 0.6) is 0 Å². The number of thiazole rings is 1. The lowest BCUT2D eigenvalue weighted by molar-refractivity contribution is 0.502. The third-order valence-corrected chi connectivity index (χ3v) is 6.25. The van der Waals surface area contributed by atoms with Gasteiger partial charge in [0.15, 0.2) is 0 Å². The summed E-state index contributed by atoms with van der Waals surface area (Å²) in [4.78, 5) is 15.6. The largest absolute Gasteiger partial charge is 0.356 e. The molecule has 0 bridgehead atoms. The summed E-state index contributed by atoms with van der Waals surface area (Å²) < 4.78 is 15.6. The smallest absolute Gasteiger partial charge is 0.142 e. The summed E-state index contributed by atoms with van der Waals surface area (Å²) in [5.74, 6) is 0.906. The monoisotopic (exact) mass is 364 g/mol. The number of hydrogen-bond donors (Lipinski definition) is 0. The third kappa shape index (κ3) is 2.61. The molecule has 0 unspecified atom stereocenters. The van der Waals surface area contributed by atoms with Gasteiger partial charge in [-0.3, -0.25) is 0 Å². The average molecular weight is 364 g/mol.